The van der Waals surface area contributed by atoms with E-state index in [1.807, 2.05) is 4.90 Å². The van der Waals surface area contributed by atoms with Gasteiger partial charge in [-0.3, -0.25) is 4.79 Å². The fraction of sp³-hybridized carbons (Fsp3) is 0.929. The van der Waals surface area contributed by atoms with Gasteiger partial charge in [0.05, 0.1) is 19.1 Å². The highest BCUT2D eigenvalue weighted by molar-refractivity contribution is 5.76. The van der Waals surface area contributed by atoms with Crippen molar-refractivity contribution >= 4 is 5.91 Å². The van der Waals surface area contributed by atoms with Crippen molar-refractivity contribution < 1.29 is 9.44 Å². The van der Waals surface area contributed by atoms with Gasteiger partial charge in [0.2, 0.25) is 5.91 Å². The second-order valence-electron chi connectivity index (χ2n) is 5.94. The predicted octanol–water partition coefficient (Wildman–Crippen LogP) is 2.28. The molecule has 18 heavy (non-hydrogen) atoms. The van der Waals surface area contributed by atoms with Crippen LogP contribution in [-0.4, -0.2) is 47.7 Å². The average Bonchev–Trinajstić information content (AvgIpc) is 2.70. The predicted molar refractivity (Wildman–Crippen MR) is 71.7 cm³/mol. The maximum absolute atomic E-state index is 12.5. The quantitative estimate of drug-likeness (QED) is 0.570. The van der Waals surface area contributed by atoms with Crippen LogP contribution < -0.4 is 0 Å². The molecule has 1 amide bonds. The van der Waals surface area contributed by atoms with Crippen LogP contribution in [0.1, 0.15) is 51.9 Å². The first-order valence-corrected chi connectivity index (χ1v) is 7.47. The number of hydrogen-bond acceptors (Lipinski definition) is 2. The van der Waals surface area contributed by atoms with Crippen LogP contribution in [0.15, 0.2) is 0 Å². The molecule has 0 bridgehead atoms. The molecule has 0 radical (unpaired) electrons. The van der Waals surface area contributed by atoms with Crippen molar-refractivity contribution in [3.63, 3.8) is 0 Å². The lowest BCUT2D eigenvalue weighted by molar-refractivity contribution is -0.892. The minimum absolute atomic E-state index is 0.0258. The van der Waals surface area contributed by atoms with Crippen LogP contribution in [0.2, 0.25) is 0 Å². The molecule has 2 rings (SSSR count). The molecule has 0 spiro atoms. The summed E-state index contributed by atoms with van der Waals surface area (Å²) in [4.78, 5) is 13.8. The minimum atomic E-state index is -0.0258. The standard InChI is InChI=1S/C14H26N2O2/c1-13(16(18)11-5-6-12-16)8-10-15-9-4-2-3-7-14(15)17/h13H,2-12H2,1H3. The minimum Gasteiger partial charge on any atom is -0.633 e. The zero-order valence-electron chi connectivity index (χ0n) is 11.6. The lowest BCUT2D eigenvalue weighted by Gasteiger charge is -2.44. The second-order valence-corrected chi connectivity index (χ2v) is 5.94. The van der Waals surface area contributed by atoms with Crippen LogP contribution >= 0.6 is 0 Å². The van der Waals surface area contributed by atoms with Crippen molar-refractivity contribution in [2.45, 2.75) is 57.9 Å². The van der Waals surface area contributed by atoms with E-state index in [1.165, 1.54) is 6.42 Å². The normalized spacial score (nSPS) is 26.1. The number of carbonyl (C=O) groups is 1. The lowest BCUT2D eigenvalue weighted by atomic mass is 10.2. The van der Waals surface area contributed by atoms with Crippen LogP contribution in [0.4, 0.5) is 0 Å². The third kappa shape index (κ3) is 3.23. The van der Waals surface area contributed by atoms with Gasteiger partial charge in [-0.15, -0.1) is 0 Å². The van der Waals surface area contributed by atoms with Gasteiger partial charge in [0.25, 0.3) is 0 Å². The van der Waals surface area contributed by atoms with Gasteiger partial charge in [-0.2, -0.15) is 0 Å². The first-order valence-electron chi connectivity index (χ1n) is 7.47. The first-order chi connectivity index (χ1) is 8.62. The van der Waals surface area contributed by atoms with Crippen molar-refractivity contribution in [2.75, 3.05) is 26.2 Å². The van der Waals surface area contributed by atoms with Crippen LogP contribution in [0.3, 0.4) is 0 Å². The van der Waals surface area contributed by atoms with Crippen LogP contribution in [0.5, 0.6) is 0 Å². The Hall–Kier alpha value is -0.610. The van der Waals surface area contributed by atoms with E-state index in [0.29, 0.717) is 12.3 Å². The van der Waals surface area contributed by atoms with E-state index in [4.69, 9.17) is 0 Å². The van der Waals surface area contributed by atoms with Crippen molar-refractivity contribution in [1.82, 2.24) is 4.90 Å². The molecule has 0 aromatic rings. The Kier molecular flexibility index (Phi) is 4.62. The van der Waals surface area contributed by atoms with E-state index >= 15 is 0 Å². The number of quaternary nitrogens is 1. The Morgan fingerprint density at radius 2 is 1.94 bits per heavy atom. The molecule has 4 nitrogen and oxygen atoms in total. The summed E-state index contributed by atoms with van der Waals surface area (Å²) < 4.78 is -0.0258. The van der Waals surface area contributed by atoms with E-state index in [-0.39, 0.29) is 10.7 Å². The molecule has 104 valence electrons. The van der Waals surface area contributed by atoms with Crippen LogP contribution in [0.25, 0.3) is 0 Å². The highest BCUT2D eigenvalue weighted by atomic mass is 16.5. The number of nitrogens with zero attached hydrogens (tertiary/aromatic N) is 2. The smallest absolute Gasteiger partial charge is 0.222 e. The summed E-state index contributed by atoms with van der Waals surface area (Å²) in [6.45, 7) is 5.28. The summed E-state index contributed by atoms with van der Waals surface area (Å²) >= 11 is 0. The molecule has 2 aliphatic rings. The molecule has 0 aromatic heterocycles. The third-order valence-corrected chi connectivity index (χ3v) is 4.61. The number of rotatable bonds is 4. The van der Waals surface area contributed by atoms with E-state index in [1.54, 1.807) is 0 Å². The number of likely N-dealkylation sites (tertiary alicyclic amines) is 2. The average molecular weight is 254 g/mol. The summed E-state index contributed by atoms with van der Waals surface area (Å²) in [6, 6.07) is 0.142. The largest absolute Gasteiger partial charge is 0.633 e. The Morgan fingerprint density at radius 1 is 1.22 bits per heavy atom. The Morgan fingerprint density at radius 3 is 2.67 bits per heavy atom. The van der Waals surface area contributed by atoms with Crippen molar-refractivity contribution in [3.05, 3.63) is 5.21 Å². The molecule has 0 aliphatic carbocycles. The molecule has 0 N–H and O–H groups in total. The van der Waals surface area contributed by atoms with Gasteiger partial charge in [0, 0.05) is 38.8 Å². The van der Waals surface area contributed by atoms with E-state index < -0.39 is 0 Å². The molecule has 2 fully saturated rings. The lowest BCUT2D eigenvalue weighted by Crippen LogP contribution is -2.48. The van der Waals surface area contributed by atoms with Gasteiger partial charge in [-0.25, -0.2) is 0 Å². The first kappa shape index (κ1) is 13.8. The topological polar surface area (TPSA) is 43.4 Å². The van der Waals surface area contributed by atoms with Crippen LogP contribution in [0, 0.1) is 5.21 Å². The summed E-state index contributed by atoms with van der Waals surface area (Å²) in [5.41, 5.74) is 0. The van der Waals surface area contributed by atoms with Gasteiger partial charge in [0.15, 0.2) is 0 Å². The monoisotopic (exact) mass is 254 g/mol. The Labute approximate surface area is 110 Å². The molecular formula is C14H26N2O2. The summed E-state index contributed by atoms with van der Waals surface area (Å²) in [6.07, 6.45) is 7.01. The molecule has 1 unspecified atom stereocenters. The van der Waals surface area contributed by atoms with Gasteiger partial charge < -0.3 is 14.8 Å². The number of carbonyl (C=O) groups excluding carboxylic acids is 1. The summed E-state index contributed by atoms with van der Waals surface area (Å²) in [7, 11) is 0. The third-order valence-electron chi connectivity index (χ3n) is 4.61. The zero-order valence-corrected chi connectivity index (χ0v) is 11.6. The molecule has 2 heterocycles. The number of amides is 1. The molecule has 0 aromatic carbocycles. The van der Waals surface area contributed by atoms with Crippen molar-refractivity contribution in [3.8, 4) is 0 Å². The van der Waals surface area contributed by atoms with E-state index in [2.05, 4.69) is 6.92 Å². The van der Waals surface area contributed by atoms with Gasteiger partial charge in [-0.1, -0.05) is 6.42 Å². The van der Waals surface area contributed by atoms with Gasteiger partial charge in [0.1, 0.15) is 0 Å². The second kappa shape index (κ2) is 6.02. The Bertz CT molecular complexity index is 288. The summed E-state index contributed by atoms with van der Waals surface area (Å²) in [5.74, 6) is 0.290. The SMILES string of the molecule is CC(CCN1CCCCCC1=O)[N+]1([O-])CCCC1. The zero-order chi connectivity index (χ0) is 13.0. The molecule has 2 saturated heterocycles. The maximum atomic E-state index is 12.5. The summed E-state index contributed by atoms with van der Waals surface area (Å²) in [5, 5.41) is 12.5. The highest BCUT2D eigenvalue weighted by Crippen LogP contribution is 2.24. The van der Waals surface area contributed by atoms with Crippen molar-refractivity contribution in [2.24, 2.45) is 0 Å². The molecule has 4 heteroatoms. The van der Waals surface area contributed by atoms with Crippen molar-refractivity contribution in [1.29, 1.82) is 0 Å². The van der Waals surface area contributed by atoms with E-state index in [0.717, 1.165) is 58.3 Å². The number of hydroxylamine groups is 3. The fourth-order valence-corrected chi connectivity index (χ4v) is 3.16. The van der Waals surface area contributed by atoms with Crippen LogP contribution in [-0.2, 0) is 4.79 Å². The van der Waals surface area contributed by atoms with E-state index in [9.17, 15) is 10.0 Å². The molecule has 0 saturated carbocycles. The number of hydrogen-bond donors (Lipinski definition) is 0. The fourth-order valence-electron chi connectivity index (χ4n) is 3.16. The Balaban J connectivity index is 1.81. The maximum Gasteiger partial charge on any atom is 0.222 e. The van der Waals surface area contributed by atoms with Gasteiger partial charge >= 0.3 is 0 Å². The molecular weight excluding hydrogens is 228 g/mol. The molecule has 2 aliphatic heterocycles. The molecule has 1 atom stereocenters. The highest BCUT2D eigenvalue weighted by Gasteiger charge is 2.29. The van der Waals surface area contributed by atoms with Gasteiger partial charge in [-0.05, 0) is 19.8 Å².